The van der Waals surface area contributed by atoms with Gasteiger partial charge in [0.1, 0.15) is 17.7 Å². The van der Waals surface area contributed by atoms with Gasteiger partial charge in [0.15, 0.2) is 0 Å². The summed E-state index contributed by atoms with van der Waals surface area (Å²) in [6.45, 7) is 4.12. The van der Waals surface area contributed by atoms with E-state index in [1.54, 1.807) is 35.4 Å². The standard InChI is InChI=1S/C23H23ClN6O2/c1-2-29(14-20-27-19-11-17(24)4-5-18(19)22(31)28-20)23(32)16-7-9-30(10-8-16)21-6-3-15(12-25)13-26-21/h3-6,11,13,16H,2,7-10,14H2,1H3,(H,27,28,31). The summed E-state index contributed by atoms with van der Waals surface area (Å²) in [4.78, 5) is 41.1. The van der Waals surface area contributed by atoms with Crippen LogP contribution in [0.25, 0.3) is 10.9 Å². The van der Waals surface area contributed by atoms with Crippen LogP contribution >= 0.6 is 11.6 Å². The van der Waals surface area contributed by atoms with Crippen LogP contribution in [0.5, 0.6) is 0 Å². The minimum atomic E-state index is -0.242. The Hall–Kier alpha value is -3.44. The van der Waals surface area contributed by atoms with Crippen molar-refractivity contribution in [3.8, 4) is 6.07 Å². The van der Waals surface area contributed by atoms with E-state index in [4.69, 9.17) is 16.9 Å². The lowest BCUT2D eigenvalue weighted by Gasteiger charge is -2.34. The number of carbonyl (C=O) groups excluding carboxylic acids is 1. The molecule has 1 saturated heterocycles. The largest absolute Gasteiger partial charge is 0.357 e. The lowest BCUT2D eigenvalue weighted by Crippen LogP contribution is -2.43. The van der Waals surface area contributed by atoms with Crippen LogP contribution in [0.2, 0.25) is 5.02 Å². The molecule has 2 aromatic heterocycles. The van der Waals surface area contributed by atoms with Crippen molar-refractivity contribution >= 4 is 34.2 Å². The Morgan fingerprint density at radius 3 is 2.75 bits per heavy atom. The topological polar surface area (TPSA) is 106 Å². The number of H-pyrrole nitrogens is 1. The average Bonchev–Trinajstić information content (AvgIpc) is 2.82. The zero-order valence-corrected chi connectivity index (χ0v) is 18.5. The fourth-order valence-electron chi connectivity index (χ4n) is 4.02. The maximum absolute atomic E-state index is 13.2. The van der Waals surface area contributed by atoms with E-state index >= 15 is 0 Å². The summed E-state index contributed by atoms with van der Waals surface area (Å²) < 4.78 is 0. The first-order valence-corrected chi connectivity index (χ1v) is 10.9. The number of amides is 1. The molecule has 3 heterocycles. The number of anilines is 1. The third kappa shape index (κ3) is 4.58. The van der Waals surface area contributed by atoms with Crippen LogP contribution in [0.1, 0.15) is 31.2 Å². The minimum Gasteiger partial charge on any atom is -0.357 e. The van der Waals surface area contributed by atoms with Crippen LogP contribution in [0.15, 0.2) is 41.3 Å². The Morgan fingerprint density at radius 1 is 1.31 bits per heavy atom. The van der Waals surface area contributed by atoms with Crippen molar-refractivity contribution in [2.75, 3.05) is 24.5 Å². The predicted octanol–water partition coefficient (Wildman–Crippen LogP) is 3.11. The minimum absolute atomic E-state index is 0.0637. The molecule has 164 valence electrons. The first-order chi connectivity index (χ1) is 15.5. The van der Waals surface area contributed by atoms with Gasteiger partial charge in [-0.1, -0.05) is 11.6 Å². The molecule has 1 aromatic carbocycles. The Bertz CT molecular complexity index is 1230. The first kappa shape index (κ1) is 21.8. The smallest absolute Gasteiger partial charge is 0.258 e. The number of hydrogen-bond donors (Lipinski definition) is 1. The molecule has 0 unspecified atom stereocenters. The summed E-state index contributed by atoms with van der Waals surface area (Å²) in [6.07, 6.45) is 3.00. The van der Waals surface area contributed by atoms with E-state index in [2.05, 4.69) is 25.9 Å². The van der Waals surface area contributed by atoms with Crippen molar-refractivity contribution < 1.29 is 4.79 Å². The summed E-state index contributed by atoms with van der Waals surface area (Å²) in [6, 6.07) is 10.6. The summed E-state index contributed by atoms with van der Waals surface area (Å²) in [7, 11) is 0. The Balaban J connectivity index is 1.43. The molecular formula is C23H23ClN6O2. The second-order valence-electron chi connectivity index (χ2n) is 7.80. The number of hydrogen-bond acceptors (Lipinski definition) is 6. The molecule has 1 N–H and O–H groups in total. The number of pyridine rings is 1. The molecule has 3 aromatic rings. The van der Waals surface area contributed by atoms with Crippen molar-refractivity contribution in [2.45, 2.75) is 26.3 Å². The summed E-state index contributed by atoms with van der Waals surface area (Å²) >= 11 is 6.04. The third-order valence-electron chi connectivity index (χ3n) is 5.80. The number of halogens is 1. The van der Waals surface area contributed by atoms with Crippen molar-refractivity contribution in [1.29, 1.82) is 5.26 Å². The first-order valence-electron chi connectivity index (χ1n) is 10.6. The molecule has 1 amide bonds. The molecule has 32 heavy (non-hydrogen) atoms. The number of nitrogens with zero attached hydrogens (tertiary/aromatic N) is 5. The number of rotatable bonds is 5. The zero-order valence-electron chi connectivity index (χ0n) is 17.7. The zero-order chi connectivity index (χ0) is 22.7. The number of benzene rings is 1. The van der Waals surface area contributed by atoms with Gasteiger partial charge in [-0.2, -0.15) is 5.26 Å². The fourth-order valence-corrected chi connectivity index (χ4v) is 4.18. The van der Waals surface area contributed by atoms with E-state index in [1.807, 2.05) is 13.0 Å². The van der Waals surface area contributed by atoms with Gasteiger partial charge in [-0.3, -0.25) is 9.59 Å². The maximum atomic E-state index is 13.2. The van der Waals surface area contributed by atoms with E-state index < -0.39 is 0 Å². The number of aromatic nitrogens is 3. The highest BCUT2D eigenvalue weighted by atomic mass is 35.5. The number of fused-ring (bicyclic) bond motifs is 1. The molecule has 0 saturated carbocycles. The van der Waals surface area contributed by atoms with E-state index in [0.717, 1.165) is 18.9 Å². The molecule has 0 bridgehead atoms. The molecule has 0 atom stereocenters. The van der Waals surface area contributed by atoms with Crippen LogP contribution in [0.3, 0.4) is 0 Å². The molecular weight excluding hydrogens is 428 g/mol. The van der Waals surface area contributed by atoms with Gasteiger partial charge in [-0.25, -0.2) is 9.97 Å². The fraction of sp³-hybridized carbons (Fsp3) is 0.348. The van der Waals surface area contributed by atoms with E-state index in [9.17, 15) is 9.59 Å². The van der Waals surface area contributed by atoms with Gasteiger partial charge in [0.05, 0.1) is 23.0 Å². The molecule has 9 heteroatoms. The van der Waals surface area contributed by atoms with Crippen molar-refractivity contribution in [1.82, 2.24) is 19.9 Å². The Morgan fingerprint density at radius 2 is 2.09 bits per heavy atom. The van der Waals surface area contributed by atoms with Crippen molar-refractivity contribution in [2.24, 2.45) is 5.92 Å². The monoisotopic (exact) mass is 450 g/mol. The SMILES string of the molecule is CCN(Cc1nc2cc(Cl)ccc2c(=O)[nH]1)C(=O)C1CCN(c2ccc(C#N)cn2)CC1. The average molecular weight is 451 g/mol. The quantitative estimate of drug-likeness (QED) is 0.640. The second kappa shape index (κ2) is 9.37. The highest BCUT2D eigenvalue weighted by molar-refractivity contribution is 6.31. The van der Waals surface area contributed by atoms with Gasteiger partial charge in [0, 0.05) is 36.8 Å². The summed E-state index contributed by atoms with van der Waals surface area (Å²) in [5.41, 5.74) is 0.802. The number of nitriles is 1. The predicted molar refractivity (Wildman–Crippen MR) is 122 cm³/mol. The number of piperidine rings is 1. The lowest BCUT2D eigenvalue weighted by atomic mass is 9.95. The molecule has 0 spiro atoms. The van der Waals surface area contributed by atoms with Crippen LogP contribution in [-0.2, 0) is 11.3 Å². The lowest BCUT2D eigenvalue weighted by molar-refractivity contribution is -0.136. The van der Waals surface area contributed by atoms with Gasteiger partial charge < -0.3 is 14.8 Å². The number of nitrogens with one attached hydrogen (secondary N) is 1. The molecule has 1 aliphatic heterocycles. The number of carbonyl (C=O) groups is 1. The third-order valence-corrected chi connectivity index (χ3v) is 6.03. The van der Waals surface area contributed by atoms with Crippen LogP contribution < -0.4 is 10.5 Å². The molecule has 1 fully saturated rings. The van der Waals surface area contributed by atoms with Crippen molar-refractivity contribution in [3.05, 3.63) is 63.3 Å². The van der Waals surface area contributed by atoms with Gasteiger partial charge in [-0.05, 0) is 50.1 Å². The summed E-state index contributed by atoms with van der Waals surface area (Å²) in [5.74, 6) is 1.23. The van der Waals surface area contributed by atoms with Crippen LogP contribution in [0.4, 0.5) is 5.82 Å². The normalized spacial score (nSPS) is 14.3. The highest BCUT2D eigenvalue weighted by Crippen LogP contribution is 2.24. The van der Waals surface area contributed by atoms with E-state index in [0.29, 0.717) is 46.7 Å². The van der Waals surface area contributed by atoms with Crippen LogP contribution in [0, 0.1) is 17.2 Å². The molecule has 1 aliphatic rings. The maximum Gasteiger partial charge on any atom is 0.258 e. The van der Waals surface area contributed by atoms with E-state index in [1.165, 1.54) is 0 Å². The van der Waals surface area contributed by atoms with E-state index in [-0.39, 0.29) is 23.9 Å². The van der Waals surface area contributed by atoms with Gasteiger partial charge in [0.25, 0.3) is 5.56 Å². The molecule has 0 aliphatic carbocycles. The summed E-state index contributed by atoms with van der Waals surface area (Å²) in [5, 5.41) is 9.90. The van der Waals surface area contributed by atoms with Crippen molar-refractivity contribution in [3.63, 3.8) is 0 Å². The van der Waals surface area contributed by atoms with Gasteiger partial charge in [-0.15, -0.1) is 0 Å². The highest BCUT2D eigenvalue weighted by Gasteiger charge is 2.29. The van der Waals surface area contributed by atoms with Crippen LogP contribution in [-0.4, -0.2) is 45.4 Å². The number of aromatic amines is 1. The molecule has 8 nitrogen and oxygen atoms in total. The van der Waals surface area contributed by atoms with Gasteiger partial charge in [0.2, 0.25) is 5.91 Å². The Labute approximate surface area is 190 Å². The second-order valence-corrected chi connectivity index (χ2v) is 8.24. The molecule has 4 rings (SSSR count). The Kier molecular flexibility index (Phi) is 6.37. The molecule has 0 radical (unpaired) electrons. The van der Waals surface area contributed by atoms with Gasteiger partial charge >= 0.3 is 0 Å².